The Morgan fingerprint density at radius 3 is 2.15 bits per heavy atom. The largest absolute Gasteiger partial charge is 0.348 e. The van der Waals surface area contributed by atoms with Crippen LogP contribution < -0.4 is 5.32 Å². The van der Waals surface area contributed by atoms with E-state index in [1.165, 1.54) is 0 Å². The third-order valence-corrected chi connectivity index (χ3v) is 7.66. The number of hydrogen-bond donors (Lipinski definition) is 1. The highest BCUT2D eigenvalue weighted by atomic mass is 32.2. The Bertz CT molecular complexity index is 1470. The van der Waals surface area contributed by atoms with Crippen molar-refractivity contribution in [1.29, 1.82) is 0 Å². The average Bonchev–Trinajstić information content (AvgIpc) is 3.24. The van der Waals surface area contributed by atoms with Crippen LogP contribution in [0.5, 0.6) is 0 Å². The number of hydrogen-bond acceptors (Lipinski definition) is 3. The third kappa shape index (κ3) is 4.56. The summed E-state index contributed by atoms with van der Waals surface area (Å²) >= 11 is 0. The van der Waals surface area contributed by atoms with Crippen LogP contribution in [-0.4, -0.2) is 24.0 Å². The molecule has 2 aromatic carbocycles. The van der Waals surface area contributed by atoms with E-state index in [9.17, 15) is 26.4 Å². The van der Waals surface area contributed by atoms with Gasteiger partial charge in [0.2, 0.25) is 0 Å². The summed E-state index contributed by atoms with van der Waals surface area (Å²) in [7, 11) is -3.36. The fourth-order valence-electron chi connectivity index (χ4n) is 3.51. The van der Waals surface area contributed by atoms with Gasteiger partial charge in [-0.2, -0.15) is 0 Å². The molecule has 0 radical (unpaired) electrons. The molecule has 0 atom stereocenters. The van der Waals surface area contributed by atoms with E-state index >= 15 is 0 Å². The van der Waals surface area contributed by atoms with E-state index in [1.807, 2.05) is 18.3 Å². The maximum absolute atomic E-state index is 13.4. The number of sulfone groups is 1. The molecule has 1 amide bonds. The highest BCUT2D eigenvalue weighted by molar-refractivity contribution is 7.92. The Labute approximate surface area is 194 Å². The topological polar surface area (TPSA) is 67.7 Å². The van der Waals surface area contributed by atoms with Crippen molar-refractivity contribution in [3.63, 3.8) is 0 Å². The molecule has 0 saturated heterocycles. The number of nitrogens with zero attached hydrogens (tertiary/aromatic N) is 1. The summed E-state index contributed by atoms with van der Waals surface area (Å²) in [6.45, 7) is 3.09. The SMILES string of the molecule is CC(C)S(=O)(=O)c1ccc(-c2ccc3cc(C(=O)NCc4cc(F)c(F)c(F)c4)cn3c2)cc1. The summed E-state index contributed by atoms with van der Waals surface area (Å²) in [5.74, 6) is -4.65. The van der Waals surface area contributed by atoms with Crippen LogP contribution in [0, 0.1) is 17.5 Å². The van der Waals surface area contributed by atoms with Gasteiger partial charge >= 0.3 is 0 Å². The highest BCUT2D eigenvalue weighted by Crippen LogP contribution is 2.24. The van der Waals surface area contributed by atoms with Crippen molar-refractivity contribution in [2.75, 3.05) is 0 Å². The first-order valence-corrected chi connectivity index (χ1v) is 12.0. The van der Waals surface area contributed by atoms with Crippen molar-refractivity contribution in [2.24, 2.45) is 0 Å². The predicted octanol–water partition coefficient (Wildman–Crippen LogP) is 5.14. The highest BCUT2D eigenvalue weighted by Gasteiger charge is 2.19. The van der Waals surface area contributed by atoms with Gasteiger partial charge in [0.05, 0.1) is 15.7 Å². The monoisotopic (exact) mass is 486 g/mol. The molecule has 5 nitrogen and oxygen atoms in total. The molecule has 0 saturated carbocycles. The Balaban J connectivity index is 1.52. The Kier molecular flexibility index (Phi) is 6.22. The molecule has 4 rings (SSSR count). The number of carbonyl (C=O) groups is 1. The predicted molar refractivity (Wildman–Crippen MR) is 123 cm³/mol. The zero-order chi connectivity index (χ0) is 24.6. The van der Waals surface area contributed by atoms with Gasteiger partial charge in [0.15, 0.2) is 27.3 Å². The van der Waals surface area contributed by atoms with E-state index in [2.05, 4.69) is 5.32 Å². The molecule has 0 spiro atoms. The number of fused-ring (bicyclic) bond motifs is 1. The van der Waals surface area contributed by atoms with Crippen LogP contribution in [0.3, 0.4) is 0 Å². The second kappa shape index (κ2) is 8.98. The van der Waals surface area contributed by atoms with Crippen molar-refractivity contribution < 1.29 is 26.4 Å². The quantitative estimate of drug-likeness (QED) is 0.384. The van der Waals surface area contributed by atoms with Gasteiger partial charge in [0.25, 0.3) is 5.91 Å². The molecule has 2 heterocycles. The molecule has 9 heteroatoms. The van der Waals surface area contributed by atoms with Gasteiger partial charge in [-0.1, -0.05) is 18.2 Å². The number of rotatable bonds is 6. The van der Waals surface area contributed by atoms with Crippen LogP contribution in [0.2, 0.25) is 0 Å². The zero-order valence-electron chi connectivity index (χ0n) is 18.3. The molecular formula is C25H21F3N2O3S. The van der Waals surface area contributed by atoms with E-state index < -0.39 is 38.4 Å². The molecular weight excluding hydrogens is 465 g/mol. The fourth-order valence-corrected chi connectivity index (χ4v) is 4.57. The smallest absolute Gasteiger partial charge is 0.253 e. The second-order valence-corrected chi connectivity index (χ2v) is 10.7. The summed E-state index contributed by atoms with van der Waals surface area (Å²) < 4.78 is 66.2. The van der Waals surface area contributed by atoms with E-state index in [0.717, 1.165) is 28.8 Å². The lowest BCUT2D eigenvalue weighted by Gasteiger charge is -2.09. The number of benzene rings is 2. The van der Waals surface area contributed by atoms with Gasteiger partial charge in [-0.3, -0.25) is 4.79 Å². The lowest BCUT2D eigenvalue weighted by atomic mass is 10.1. The van der Waals surface area contributed by atoms with Gasteiger partial charge in [0.1, 0.15) is 0 Å². The Hall–Kier alpha value is -3.59. The van der Waals surface area contributed by atoms with Crippen molar-refractivity contribution in [1.82, 2.24) is 9.72 Å². The van der Waals surface area contributed by atoms with Crippen molar-refractivity contribution in [3.05, 3.63) is 95.6 Å². The van der Waals surface area contributed by atoms with E-state index in [0.29, 0.717) is 5.56 Å². The molecule has 0 aliphatic carbocycles. The van der Waals surface area contributed by atoms with Gasteiger partial charge < -0.3 is 9.72 Å². The molecule has 0 bridgehead atoms. The van der Waals surface area contributed by atoms with Gasteiger partial charge in [-0.15, -0.1) is 0 Å². The molecule has 176 valence electrons. The van der Waals surface area contributed by atoms with Crippen molar-refractivity contribution in [2.45, 2.75) is 30.5 Å². The van der Waals surface area contributed by atoms with Crippen molar-refractivity contribution in [3.8, 4) is 11.1 Å². The van der Waals surface area contributed by atoms with E-state index in [4.69, 9.17) is 0 Å². The Morgan fingerprint density at radius 2 is 1.53 bits per heavy atom. The summed E-state index contributed by atoms with van der Waals surface area (Å²) in [5, 5.41) is 2.05. The number of halogens is 3. The van der Waals surface area contributed by atoms with Crippen molar-refractivity contribution >= 4 is 21.3 Å². The summed E-state index contributed by atoms with van der Waals surface area (Å²) in [5.41, 5.74) is 2.80. The third-order valence-electron chi connectivity index (χ3n) is 5.49. The van der Waals surface area contributed by atoms with Gasteiger partial charge in [0, 0.05) is 24.5 Å². The molecule has 0 unspecified atom stereocenters. The number of pyridine rings is 1. The lowest BCUT2D eigenvalue weighted by Crippen LogP contribution is -2.22. The fraction of sp³-hybridized carbons (Fsp3) is 0.160. The van der Waals surface area contributed by atoms with Crippen LogP contribution in [0.15, 0.2) is 71.9 Å². The number of amides is 1. The summed E-state index contributed by atoms with van der Waals surface area (Å²) in [6, 6.07) is 13.6. The number of aromatic nitrogens is 1. The summed E-state index contributed by atoms with van der Waals surface area (Å²) in [6.07, 6.45) is 3.42. The standard InChI is InChI=1S/C25H21F3N2O3S/c1-15(2)34(32,33)21-7-4-17(5-8-21)18-3-6-20-11-19(14-30(20)13-18)25(31)29-12-16-9-22(26)24(28)23(27)10-16/h3-11,13-15H,12H2,1-2H3,(H,29,31). The lowest BCUT2D eigenvalue weighted by molar-refractivity contribution is 0.0951. The van der Waals surface area contributed by atoms with E-state index in [-0.39, 0.29) is 17.0 Å². The maximum Gasteiger partial charge on any atom is 0.253 e. The first-order valence-electron chi connectivity index (χ1n) is 10.4. The molecule has 0 aliphatic rings. The van der Waals surface area contributed by atoms with Crippen LogP contribution >= 0.6 is 0 Å². The number of nitrogens with one attached hydrogen (secondary N) is 1. The molecule has 0 fully saturated rings. The second-order valence-electron chi connectivity index (χ2n) is 8.15. The minimum Gasteiger partial charge on any atom is -0.348 e. The zero-order valence-corrected chi connectivity index (χ0v) is 19.2. The average molecular weight is 487 g/mol. The van der Waals surface area contributed by atoms with Crippen LogP contribution in [0.25, 0.3) is 16.6 Å². The van der Waals surface area contributed by atoms with Gasteiger partial charge in [-0.05, 0) is 66.9 Å². The molecule has 2 aromatic heterocycles. The Morgan fingerprint density at radius 1 is 0.912 bits per heavy atom. The van der Waals surface area contributed by atoms with E-state index in [1.54, 1.807) is 54.8 Å². The first kappa shape index (κ1) is 23.6. The normalized spacial score (nSPS) is 11.8. The van der Waals surface area contributed by atoms with Gasteiger partial charge in [-0.25, -0.2) is 21.6 Å². The molecule has 34 heavy (non-hydrogen) atoms. The maximum atomic E-state index is 13.4. The number of carbonyl (C=O) groups excluding carboxylic acids is 1. The van der Waals surface area contributed by atoms with Crippen LogP contribution in [-0.2, 0) is 16.4 Å². The molecule has 1 N–H and O–H groups in total. The molecule has 4 aromatic rings. The minimum absolute atomic E-state index is 0.0960. The summed E-state index contributed by atoms with van der Waals surface area (Å²) in [4.78, 5) is 12.8. The van der Waals surface area contributed by atoms with Crippen LogP contribution in [0.4, 0.5) is 13.2 Å². The van der Waals surface area contributed by atoms with Crippen LogP contribution in [0.1, 0.15) is 29.8 Å². The first-order chi connectivity index (χ1) is 16.1. The minimum atomic E-state index is -3.36. The molecule has 0 aliphatic heterocycles.